The average molecular weight is 405 g/mol. The molecule has 28 heavy (non-hydrogen) atoms. The standard InChI is InChI=1S/C23H32O4S/c1-21-8-4-15(24)12-14(21)13-18(28(3)26)20-16(21)5-9-22(2)17(20)6-10-23(22)11-7-19(25)27-23/h12,16-18,20H,4-11,13H2,1-3H3/t16-,17-,18+,20+,21-,22-,23+,28+/m0/s1. The van der Waals surface area contributed by atoms with Crippen LogP contribution in [-0.2, 0) is 25.1 Å². The Morgan fingerprint density at radius 1 is 1.04 bits per heavy atom. The molecule has 4 aliphatic carbocycles. The van der Waals surface area contributed by atoms with Crippen molar-refractivity contribution in [3.63, 3.8) is 0 Å². The first-order valence-corrected chi connectivity index (χ1v) is 12.6. The molecule has 0 unspecified atom stereocenters. The Bertz CT molecular complexity index is 802. The van der Waals surface area contributed by atoms with Crippen molar-refractivity contribution >= 4 is 22.6 Å². The summed E-state index contributed by atoms with van der Waals surface area (Å²) in [5.41, 5.74) is 1.03. The van der Waals surface area contributed by atoms with E-state index in [9.17, 15) is 13.8 Å². The fraction of sp³-hybridized carbons (Fsp3) is 0.826. The van der Waals surface area contributed by atoms with Crippen molar-refractivity contribution in [1.82, 2.24) is 0 Å². The summed E-state index contributed by atoms with van der Waals surface area (Å²) in [6.07, 6.45) is 11.7. The molecule has 3 saturated carbocycles. The van der Waals surface area contributed by atoms with Crippen molar-refractivity contribution in [3.8, 4) is 0 Å². The minimum Gasteiger partial charge on any atom is -0.458 e. The van der Waals surface area contributed by atoms with Crippen molar-refractivity contribution in [2.75, 3.05) is 6.26 Å². The number of esters is 1. The number of carbonyl (C=O) groups excluding carboxylic acids is 2. The molecule has 0 N–H and O–H groups in total. The summed E-state index contributed by atoms with van der Waals surface area (Å²) < 4.78 is 18.9. The van der Waals surface area contributed by atoms with Crippen molar-refractivity contribution in [2.24, 2.45) is 28.6 Å². The van der Waals surface area contributed by atoms with Crippen LogP contribution in [0.5, 0.6) is 0 Å². The zero-order valence-electron chi connectivity index (χ0n) is 17.3. The Morgan fingerprint density at radius 3 is 2.46 bits per heavy atom. The number of ketones is 1. The summed E-state index contributed by atoms with van der Waals surface area (Å²) in [5.74, 6) is 1.55. The molecule has 4 fully saturated rings. The largest absolute Gasteiger partial charge is 0.458 e. The van der Waals surface area contributed by atoms with E-state index in [0.29, 0.717) is 30.6 Å². The molecule has 5 aliphatic rings. The third-order valence-corrected chi connectivity index (χ3v) is 11.1. The summed E-state index contributed by atoms with van der Waals surface area (Å²) >= 11 is 0. The number of hydrogen-bond acceptors (Lipinski definition) is 4. The third kappa shape index (κ3) is 2.31. The Balaban J connectivity index is 1.57. The minimum absolute atomic E-state index is 0.0000104. The van der Waals surface area contributed by atoms with Gasteiger partial charge in [0.25, 0.3) is 0 Å². The van der Waals surface area contributed by atoms with Gasteiger partial charge in [-0.15, -0.1) is 0 Å². The fourth-order valence-corrected chi connectivity index (χ4v) is 9.37. The first-order chi connectivity index (χ1) is 13.2. The maximum atomic E-state index is 12.9. The number of allylic oxidation sites excluding steroid dienone is 1. The topological polar surface area (TPSA) is 60.4 Å². The number of rotatable bonds is 1. The molecule has 5 rings (SSSR count). The molecule has 5 heteroatoms. The molecule has 1 heterocycles. The molecule has 1 aliphatic heterocycles. The van der Waals surface area contributed by atoms with Crippen LogP contribution in [0.1, 0.15) is 71.6 Å². The molecule has 4 nitrogen and oxygen atoms in total. The molecular formula is C23H32O4S. The van der Waals surface area contributed by atoms with Gasteiger partial charge < -0.3 is 4.74 Å². The van der Waals surface area contributed by atoms with Crippen LogP contribution in [0.25, 0.3) is 0 Å². The smallest absolute Gasteiger partial charge is 0.306 e. The molecular weight excluding hydrogens is 372 g/mol. The van der Waals surface area contributed by atoms with E-state index in [2.05, 4.69) is 13.8 Å². The van der Waals surface area contributed by atoms with E-state index in [1.807, 2.05) is 12.3 Å². The van der Waals surface area contributed by atoms with Gasteiger partial charge in [0, 0.05) is 40.6 Å². The van der Waals surface area contributed by atoms with Crippen LogP contribution in [0.4, 0.5) is 0 Å². The van der Waals surface area contributed by atoms with Crippen LogP contribution in [0.15, 0.2) is 11.6 Å². The van der Waals surface area contributed by atoms with E-state index in [1.165, 1.54) is 5.57 Å². The van der Waals surface area contributed by atoms with Crippen molar-refractivity contribution in [1.29, 1.82) is 0 Å². The zero-order chi connectivity index (χ0) is 19.9. The Hall–Kier alpha value is -0.970. The summed E-state index contributed by atoms with van der Waals surface area (Å²) in [4.78, 5) is 24.2. The SMILES string of the molecule is C[S@@](=O)[C@@H]1CC2=CC(=O)CC[C@]2(C)[C@H]2CC[C@@]3(C)[C@@H](CC[C@@]34CCC(=O)O4)[C@H]12. The average Bonchev–Trinajstić information content (AvgIpc) is 3.16. The maximum Gasteiger partial charge on any atom is 0.306 e. The van der Waals surface area contributed by atoms with Crippen LogP contribution >= 0.6 is 0 Å². The predicted molar refractivity (Wildman–Crippen MR) is 108 cm³/mol. The van der Waals surface area contributed by atoms with Gasteiger partial charge in [-0.25, -0.2) is 0 Å². The Labute approximate surface area is 170 Å². The van der Waals surface area contributed by atoms with E-state index >= 15 is 0 Å². The third-order valence-electron chi connectivity index (χ3n) is 9.72. The molecule has 0 bridgehead atoms. The van der Waals surface area contributed by atoms with E-state index in [0.717, 1.165) is 44.9 Å². The van der Waals surface area contributed by atoms with Gasteiger partial charge in [-0.3, -0.25) is 13.8 Å². The van der Waals surface area contributed by atoms with Gasteiger partial charge in [0.2, 0.25) is 0 Å². The van der Waals surface area contributed by atoms with E-state index in [-0.39, 0.29) is 33.4 Å². The first kappa shape index (κ1) is 19.0. The lowest BCUT2D eigenvalue weighted by Gasteiger charge is -2.60. The van der Waals surface area contributed by atoms with E-state index < -0.39 is 10.8 Å². The van der Waals surface area contributed by atoms with Gasteiger partial charge in [-0.05, 0) is 74.2 Å². The van der Waals surface area contributed by atoms with Crippen molar-refractivity contribution in [2.45, 2.75) is 82.5 Å². The van der Waals surface area contributed by atoms with Crippen LogP contribution in [0.3, 0.4) is 0 Å². The van der Waals surface area contributed by atoms with Crippen LogP contribution in [0.2, 0.25) is 0 Å². The maximum absolute atomic E-state index is 12.9. The lowest BCUT2D eigenvalue weighted by molar-refractivity contribution is -0.167. The highest BCUT2D eigenvalue weighted by Crippen LogP contribution is 2.70. The molecule has 1 saturated heterocycles. The second kappa shape index (κ2) is 6.02. The van der Waals surface area contributed by atoms with Gasteiger partial charge in [-0.2, -0.15) is 0 Å². The van der Waals surface area contributed by atoms with Gasteiger partial charge in [0.15, 0.2) is 5.78 Å². The molecule has 8 atom stereocenters. The van der Waals surface area contributed by atoms with Crippen LogP contribution in [0, 0.1) is 28.6 Å². The van der Waals surface area contributed by atoms with Gasteiger partial charge in [-0.1, -0.05) is 19.4 Å². The van der Waals surface area contributed by atoms with Crippen LogP contribution < -0.4 is 0 Å². The normalized spacial score (nSPS) is 51.2. The number of fused-ring (bicyclic) bond motifs is 6. The molecule has 0 aromatic rings. The first-order valence-electron chi connectivity index (χ1n) is 11.0. The number of carbonyl (C=O) groups is 2. The second-order valence-corrected chi connectivity index (χ2v) is 12.2. The summed E-state index contributed by atoms with van der Waals surface area (Å²) in [6, 6.07) is 0. The summed E-state index contributed by atoms with van der Waals surface area (Å²) in [6.45, 7) is 4.72. The Kier molecular flexibility index (Phi) is 4.09. The summed E-state index contributed by atoms with van der Waals surface area (Å²) in [5, 5.41) is 0.118. The molecule has 154 valence electrons. The molecule has 0 aromatic heterocycles. The highest BCUT2D eigenvalue weighted by atomic mass is 32.2. The van der Waals surface area contributed by atoms with Crippen molar-refractivity contribution in [3.05, 3.63) is 11.6 Å². The fourth-order valence-electron chi connectivity index (χ4n) is 8.13. The lowest BCUT2D eigenvalue weighted by Crippen LogP contribution is -2.58. The molecule has 1 spiro atoms. The highest BCUT2D eigenvalue weighted by molar-refractivity contribution is 7.84. The van der Waals surface area contributed by atoms with Gasteiger partial charge in [0.1, 0.15) is 5.60 Å². The lowest BCUT2D eigenvalue weighted by atomic mass is 9.46. The van der Waals surface area contributed by atoms with E-state index in [4.69, 9.17) is 4.74 Å². The quantitative estimate of drug-likeness (QED) is 0.621. The molecule has 0 amide bonds. The highest BCUT2D eigenvalue weighted by Gasteiger charge is 2.68. The van der Waals surface area contributed by atoms with Crippen LogP contribution in [-0.4, -0.2) is 33.1 Å². The second-order valence-electron chi connectivity index (χ2n) is 10.5. The zero-order valence-corrected chi connectivity index (χ0v) is 18.1. The summed E-state index contributed by atoms with van der Waals surface area (Å²) in [7, 11) is -0.923. The Morgan fingerprint density at radius 2 is 1.79 bits per heavy atom. The number of hydrogen-bond donors (Lipinski definition) is 0. The van der Waals surface area contributed by atoms with Gasteiger partial charge in [0.05, 0.1) is 0 Å². The van der Waals surface area contributed by atoms with Crippen molar-refractivity contribution < 1.29 is 18.5 Å². The molecule has 0 aromatic carbocycles. The monoisotopic (exact) mass is 404 g/mol. The van der Waals surface area contributed by atoms with Gasteiger partial charge >= 0.3 is 5.97 Å². The number of ether oxygens (including phenoxy) is 1. The minimum atomic E-state index is -0.923. The predicted octanol–water partition coefficient (Wildman–Crippen LogP) is 3.95. The molecule has 0 radical (unpaired) electrons. The van der Waals surface area contributed by atoms with E-state index in [1.54, 1.807) is 0 Å².